The highest BCUT2D eigenvalue weighted by Gasteiger charge is 2.09. The van der Waals surface area contributed by atoms with Gasteiger partial charge in [-0.1, -0.05) is 11.6 Å². The number of rotatable bonds is 2. The molecule has 1 aromatic rings. The minimum atomic E-state index is -0.173. The minimum absolute atomic E-state index is 0.164. The van der Waals surface area contributed by atoms with E-state index in [1.807, 2.05) is 0 Å². The Morgan fingerprint density at radius 2 is 2.00 bits per heavy atom. The summed E-state index contributed by atoms with van der Waals surface area (Å²) in [5.74, 6) is -0.337. The molecule has 0 aliphatic carbocycles. The number of hydrogen-bond acceptors (Lipinski definition) is 3. The highest BCUT2D eigenvalue weighted by atomic mass is 35.5. The smallest absolute Gasteiger partial charge is 0.162 e. The molecule has 4 N–H and O–H groups in total. The van der Waals surface area contributed by atoms with Crippen LogP contribution in [-0.4, -0.2) is 16.8 Å². The molecule has 0 aliphatic rings. The molecule has 0 radical (unpaired) electrons. The van der Waals surface area contributed by atoms with Crippen molar-refractivity contribution in [2.75, 3.05) is 6.54 Å². The first-order valence-corrected chi connectivity index (χ1v) is 3.94. The standard InChI is InChI=1S/C8H10ClNO2/c9-6-1-2-7(11)8(12)5(6)3-4-10/h1-2,11-12H,3-4,10H2. The van der Waals surface area contributed by atoms with Gasteiger partial charge in [-0.15, -0.1) is 0 Å². The van der Waals surface area contributed by atoms with Crippen LogP contribution >= 0.6 is 11.6 Å². The van der Waals surface area contributed by atoms with Gasteiger partial charge >= 0.3 is 0 Å². The summed E-state index contributed by atoms with van der Waals surface area (Å²) in [5, 5.41) is 18.8. The Balaban J connectivity index is 3.14. The maximum atomic E-state index is 9.32. The molecule has 1 aromatic carbocycles. The Morgan fingerprint density at radius 3 is 2.58 bits per heavy atom. The Kier molecular flexibility index (Phi) is 2.78. The predicted molar refractivity (Wildman–Crippen MR) is 47.5 cm³/mol. The average molecular weight is 188 g/mol. The molecule has 0 aliphatic heterocycles. The normalized spacial score (nSPS) is 10.2. The maximum absolute atomic E-state index is 9.32. The first-order valence-electron chi connectivity index (χ1n) is 3.56. The molecule has 1 rings (SSSR count). The van der Waals surface area contributed by atoms with E-state index in [1.165, 1.54) is 12.1 Å². The van der Waals surface area contributed by atoms with Crippen molar-refractivity contribution < 1.29 is 10.2 Å². The number of hydrogen-bond donors (Lipinski definition) is 3. The van der Waals surface area contributed by atoms with Crippen molar-refractivity contribution in [2.24, 2.45) is 5.73 Å². The summed E-state index contributed by atoms with van der Waals surface area (Å²) in [6, 6.07) is 2.87. The average Bonchev–Trinajstić information content (AvgIpc) is 2.06. The predicted octanol–water partition coefficient (Wildman–Crippen LogP) is 1.25. The molecule has 0 saturated carbocycles. The number of benzene rings is 1. The van der Waals surface area contributed by atoms with Crippen molar-refractivity contribution in [3.05, 3.63) is 22.7 Å². The molecule has 0 unspecified atom stereocenters. The quantitative estimate of drug-likeness (QED) is 0.611. The maximum Gasteiger partial charge on any atom is 0.162 e. The molecule has 4 heteroatoms. The van der Waals surface area contributed by atoms with Gasteiger partial charge in [0.2, 0.25) is 0 Å². The van der Waals surface area contributed by atoms with E-state index in [2.05, 4.69) is 0 Å². The summed E-state index contributed by atoms with van der Waals surface area (Å²) < 4.78 is 0. The zero-order valence-corrected chi connectivity index (χ0v) is 7.17. The largest absolute Gasteiger partial charge is 0.504 e. The zero-order chi connectivity index (χ0) is 9.14. The van der Waals surface area contributed by atoms with Crippen LogP contribution in [0.5, 0.6) is 11.5 Å². The summed E-state index contributed by atoms with van der Waals surface area (Å²) in [5.41, 5.74) is 5.80. The molecule has 0 amide bonds. The highest BCUT2D eigenvalue weighted by Crippen LogP contribution is 2.33. The third-order valence-corrected chi connectivity index (χ3v) is 1.95. The van der Waals surface area contributed by atoms with Crippen molar-refractivity contribution >= 4 is 11.6 Å². The molecule has 0 saturated heterocycles. The highest BCUT2D eigenvalue weighted by molar-refractivity contribution is 6.31. The topological polar surface area (TPSA) is 66.5 Å². The fourth-order valence-corrected chi connectivity index (χ4v) is 1.23. The van der Waals surface area contributed by atoms with E-state index in [0.717, 1.165) is 0 Å². The van der Waals surface area contributed by atoms with Gasteiger partial charge in [0.1, 0.15) is 0 Å². The van der Waals surface area contributed by atoms with Crippen LogP contribution in [0.15, 0.2) is 12.1 Å². The van der Waals surface area contributed by atoms with Gasteiger partial charge in [-0.05, 0) is 25.1 Å². The van der Waals surface area contributed by atoms with Crippen molar-refractivity contribution in [3.63, 3.8) is 0 Å². The Morgan fingerprint density at radius 1 is 1.33 bits per heavy atom. The lowest BCUT2D eigenvalue weighted by atomic mass is 10.1. The van der Waals surface area contributed by atoms with Crippen molar-refractivity contribution in [1.29, 1.82) is 0 Å². The van der Waals surface area contributed by atoms with Crippen LogP contribution in [-0.2, 0) is 6.42 Å². The molecular weight excluding hydrogens is 178 g/mol. The Hall–Kier alpha value is -0.930. The van der Waals surface area contributed by atoms with Gasteiger partial charge in [0.15, 0.2) is 11.5 Å². The van der Waals surface area contributed by atoms with E-state index in [1.54, 1.807) is 0 Å². The van der Waals surface area contributed by atoms with Gasteiger partial charge in [-0.3, -0.25) is 0 Å². The van der Waals surface area contributed by atoms with E-state index in [-0.39, 0.29) is 11.5 Å². The molecule has 66 valence electrons. The van der Waals surface area contributed by atoms with Crippen LogP contribution < -0.4 is 5.73 Å². The number of phenolic OH excluding ortho intramolecular Hbond substituents is 2. The van der Waals surface area contributed by atoms with E-state index in [4.69, 9.17) is 22.4 Å². The first kappa shape index (κ1) is 9.16. The number of halogens is 1. The molecule has 0 aromatic heterocycles. The summed E-state index contributed by atoms with van der Waals surface area (Å²) in [6.45, 7) is 0.386. The van der Waals surface area contributed by atoms with Crippen LogP contribution in [0.3, 0.4) is 0 Å². The monoisotopic (exact) mass is 187 g/mol. The van der Waals surface area contributed by atoms with E-state index in [0.29, 0.717) is 23.6 Å². The molecule has 0 heterocycles. The fraction of sp³-hybridized carbons (Fsp3) is 0.250. The lowest BCUT2D eigenvalue weighted by Gasteiger charge is -2.06. The Labute approximate surface area is 75.4 Å². The van der Waals surface area contributed by atoms with Crippen LogP contribution in [0.2, 0.25) is 5.02 Å². The van der Waals surface area contributed by atoms with Crippen molar-refractivity contribution in [2.45, 2.75) is 6.42 Å². The molecule has 0 atom stereocenters. The van der Waals surface area contributed by atoms with Crippen LogP contribution in [0.1, 0.15) is 5.56 Å². The Bertz CT molecular complexity index is 289. The van der Waals surface area contributed by atoms with E-state index in [9.17, 15) is 5.11 Å². The third kappa shape index (κ3) is 1.62. The first-order chi connectivity index (χ1) is 5.66. The lowest BCUT2D eigenvalue weighted by molar-refractivity contribution is 0.399. The summed E-state index contributed by atoms with van der Waals surface area (Å²) in [4.78, 5) is 0. The second kappa shape index (κ2) is 3.65. The van der Waals surface area contributed by atoms with Crippen molar-refractivity contribution in [1.82, 2.24) is 0 Å². The third-order valence-electron chi connectivity index (χ3n) is 1.60. The molecule has 0 spiro atoms. The van der Waals surface area contributed by atoms with E-state index >= 15 is 0 Å². The van der Waals surface area contributed by atoms with Gasteiger partial charge in [0, 0.05) is 10.6 Å². The minimum Gasteiger partial charge on any atom is -0.504 e. The van der Waals surface area contributed by atoms with Crippen molar-refractivity contribution in [3.8, 4) is 11.5 Å². The van der Waals surface area contributed by atoms with Gasteiger partial charge in [0.05, 0.1) is 0 Å². The van der Waals surface area contributed by atoms with Crippen LogP contribution in [0, 0.1) is 0 Å². The van der Waals surface area contributed by atoms with E-state index < -0.39 is 0 Å². The zero-order valence-electron chi connectivity index (χ0n) is 6.42. The molecule has 3 nitrogen and oxygen atoms in total. The van der Waals surface area contributed by atoms with Crippen LogP contribution in [0.4, 0.5) is 0 Å². The fourth-order valence-electron chi connectivity index (χ4n) is 0.981. The summed E-state index contributed by atoms with van der Waals surface area (Å²) in [6.07, 6.45) is 0.457. The number of phenols is 2. The second-order valence-corrected chi connectivity index (χ2v) is 2.84. The summed E-state index contributed by atoms with van der Waals surface area (Å²) in [7, 11) is 0. The van der Waals surface area contributed by atoms with Gasteiger partial charge < -0.3 is 15.9 Å². The summed E-state index contributed by atoms with van der Waals surface area (Å²) >= 11 is 5.75. The van der Waals surface area contributed by atoms with Crippen LogP contribution in [0.25, 0.3) is 0 Å². The second-order valence-electron chi connectivity index (χ2n) is 2.43. The van der Waals surface area contributed by atoms with Gasteiger partial charge in [-0.25, -0.2) is 0 Å². The molecule has 0 fully saturated rings. The van der Waals surface area contributed by atoms with Gasteiger partial charge in [-0.2, -0.15) is 0 Å². The molecular formula is C8H10ClNO2. The number of nitrogens with two attached hydrogens (primary N) is 1. The SMILES string of the molecule is NCCc1c(Cl)ccc(O)c1O. The van der Waals surface area contributed by atoms with Gasteiger partial charge in [0.25, 0.3) is 0 Å². The number of aromatic hydroxyl groups is 2. The molecule has 12 heavy (non-hydrogen) atoms. The lowest BCUT2D eigenvalue weighted by Crippen LogP contribution is -2.03. The molecule has 0 bridgehead atoms.